The number of hydrogen-bond acceptors (Lipinski definition) is 0. The zero-order valence-electron chi connectivity index (χ0n) is 10.2. The first-order chi connectivity index (χ1) is 6.56. The van der Waals surface area contributed by atoms with Crippen LogP contribution < -0.4 is 0 Å². The zero-order chi connectivity index (χ0) is 10.9. The molecule has 0 atom stereocenters. The van der Waals surface area contributed by atoms with E-state index in [1.54, 1.807) is 0 Å². The number of hydrogen-bond donors (Lipinski definition) is 0. The summed E-state index contributed by atoms with van der Waals surface area (Å²) >= 11 is 6.11. The van der Waals surface area contributed by atoms with Crippen molar-refractivity contribution in [3.8, 4) is 0 Å². The highest BCUT2D eigenvalue weighted by Gasteiger charge is 2.11. The molecule has 0 unspecified atom stereocenters. The Balaban J connectivity index is 2.99. The van der Waals surface area contributed by atoms with Gasteiger partial charge in [0.1, 0.15) is 0 Å². The molecule has 0 bridgehead atoms. The molecule has 0 N–H and O–H groups in total. The summed E-state index contributed by atoms with van der Waals surface area (Å²) < 4.78 is 0. The Kier molecular flexibility index (Phi) is 8.76. The molecule has 0 rings (SSSR count). The van der Waals surface area contributed by atoms with Gasteiger partial charge in [-0.3, -0.25) is 0 Å². The minimum absolute atomic E-state index is 0.0161. The lowest BCUT2D eigenvalue weighted by Gasteiger charge is -2.14. The molecule has 0 aromatic rings. The predicted molar refractivity (Wildman–Crippen MR) is 67.2 cm³/mol. The third kappa shape index (κ3) is 12.3. The second-order valence-corrected chi connectivity index (χ2v) is 5.97. The summed E-state index contributed by atoms with van der Waals surface area (Å²) in [6.45, 7) is 6.48. The maximum Gasteiger partial charge on any atom is 0.0390 e. The summed E-state index contributed by atoms with van der Waals surface area (Å²) in [5, 5.41) is 0. The Morgan fingerprint density at radius 1 is 0.786 bits per heavy atom. The highest BCUT2D eigenvalue weighted by molar-refractivity contribution is 6.23. The molecule has 0 fully saturated rings. The van der Waals surface area contributed by atoms with E-state index in [-0.39, 0.29) is 4.87 Å². The lowest BCUT2D eigenvalue weighted by molar-refractivity contribution is 0.527. The number of unbranched alkanes of at least 4 members (excludes halogenated alkanes) is 7. The van der Waals surface area contributed by atoms with Crippen LogP contribution in [-0.2, 0) is 0 Å². The van der Waals surface area contributed by atoms with Gasteiger partial charge in [0.05, 0.1) is 0 Å². The van der Waals surface area contributed by atoms with E-state index < -0.39 is 0 Å². The first-order valence-corrected chi connectivity index (χ1v) is 6.63. The fraction of sp³-hybridized carbons (Fsp3) is 1.00. The molecule has 0 saturated heterocycles. The Morgan fingerprint density at radius 3 is 1.64 bits per heavy atom. The molecule has 0 aromatic heterocycles. The van der Waals surface area contributed by atoms with E-state index in [9.17, 15) is 0 Å². The van der Waals surface area contributed by atoms with Crippen LogP contribution in [0.5, 0.6) is 0 Å². The van der Waals surface area contributed by atoms with Crippen molar-refractivity contribution in [1.29, 1.82) is 0 Å². The van der Waals surface area contributed by atoms with Crippen LogP contribution >= 0.6 is 11.6 Å². The first kappa shape index (κ1) is 14.3. The molecule has 0 aliphatic rings. The third-order valence-corrected chi connectivity index (χ3v) is 2.81. The second-order valence-electron chi connectivity index (χ2n) is 4.94. The Morgan fingerprint density at radius 2 is 1.21 bits per heavy atom. The summed E-state index contributed by atoms with van der Waals surface area (Å²) in [6.07, 6.45) is 12.3. The molecular formula is C13H27Cl. The number of alkyl halides is 1. The Bertz CT molecular complexity index is 113. The largest absolute Gasteiger partial charge is 0.120 e. The highest BCUT2D eigenvalue weighted by Crippen LogP contribution is 2.21. The van der Waals surface area contributed by atoms with Crippen LogP contribution in [0.1, 0.15) is 78.6 Å². The van der Waals surface area contributed by atoms with Crippen molar-refractivity contribution in [2.45, 2.75) is 83.4 Å². The monoisotopic (exact) mass is 218 g/mol. The zero-order valence-corrected chi connectivity index (χ0v) is 11.0. The van der Waals surface area contributed by atoms with E-state index in [1.807, 2.05) is 0 Å². The van der Waals surface area contributed by atoms with Crippen molar-refractivity contribution in [2.24, 2.45) is 0 Å². The molecule has 1 heteroatoms. The van der Waals surface area contributed by atoms with E-state index >= 15 is 0 Å². The van der Waals surface area contributed by atoms with Gasteiger partial charge in [0, 0.05) is 4.87 Å². The number of rotatable bonds is 9. The topological polar surface area (TPSA) is 0 Å². The Labute approximate surface area is 95.4 Å². The second kappa shape index (κ2) is 8.59. The fourth-order valence-electron chi connectivity index (χ4n) is 1.68. The molecule has 0 radical (unpaired) electrons. The quantitative estimate of drug-likeness (QED) is 0.352. The Hall–Kier alpha value is 0.290. The average molecular weight is 219 g/mol. The molecule has 0 amide bonds. The first-order valence-electron chi connectivity index (χ1n) is 6.25. The smallest absolute Gasteiger partial charge is 0.0390 e. The van der Waals surface area contributed by atoms with E-state index in [0.717, 1.165) is 6.42 Å². The van der Waals surface area contributed by atoms with Crippen molar-refractivity contribution in [3.05, 3.63) is 0 Å². The van der Waals surface area contributed by atoms with Gasteiger partial charge >= 0.3 is 0 Å². The van der Waals surface area contributed by atoms with Gasteiger partial charge in [0.2, 0.25) is 0 Å². The van der Waals surface area contributed by atoms with Gasteiger partial charge in [-0.15, -0.1) is 11.6 Å². The molecule has 14 heavy (non-hydrogen) atoms. The van der Waals surface area contributed by atoms with E-state index in [1.165, 1.54) is 51.4 Å². The van der Waals surface area contributed by atoms with Crippen LogP contribution in [0.2, 0.25) is 0 Å². The average Bonchev–Trinajstić information content (AvgIpc) is 2.08. The highest BCUT2D eigenvalue weighted by atomic mass is 35.5. The van der Waals surface area contributed by atoms with Crippen molar-refractivity contribution < 1.29 is 0 Å². The van der Waals surface area contributed by atoms with Crippen LogP contribution in [0, 0.1) is 0 Å². The molecule has 0 spiro atoms. The van der Waals surface area contributed by atoms with Gasteiger partial charge < -0.3 is 0 Å². The minimum atomic E-state index is 0.0161. The predicted octanol–water partition coefficient (Wildman–Crippen LogP) is 5.53. The van der Waals surface area contributed by atoms with Crippen molar-refractivity contribution >= 4 is 11.6 Å². The van der Waals surface area contributed by atoms with Gasteiger partial charge in [-0.05, 0) is 20.3 Å². The lowest BCUT2D eigenvalue weighted by Crippen LogP contribution is -2.08. The van der Waals surface area contributed by atoms with Crippen molar-refractivity contribution in [1.82, 2.24) is 0 Å². The molecule has 0 heterocycles. The summed E-state index contributed by atoms with van der Waals surface area (Å²) in [6, 6.07) is 0. The molecule has 0 aliphatic heterocycles. The third-order valence-electron chi connectivity index (χ3n) is 2.62. The van der Waals surface area contributed by atoms with Crippen LogP contribution in [0.3, 0.4) is 0 Å². The van der Waals surface area contributed by atoms with Gasteiger partial charge in [0.25, 0.3) is 0 Å². The number of halogens is 1. The van der Waals surface area contributed by atoms with Crippen molar-refractivity contribution in [3.63, 3.8) is 0 Å². The lowest BCUT2D eigenvalue weighted by atomic mass is 10.0. The van der Waals surface area contributed by atoms with Crippen LogP contribution in [-0.4, -0.2) is 4.87 Å². The van der Waals surface area contributed by atoms with Gasteiger partial charge in [-0.1, -0.05) is 58.3 Å². The van der Waals surface area contributed by atoms with Crippen LogP contribution in [0.4, 0.5) is 0 Å². The summed E-state index contributed by atoms with van der Waals surface area (Å²) in [4.78, 5) is 0.0161. The van der Waals surface area contributed by atoms with Crippen LogP contribution in [0.15, 0.2) is 0 Å². The standard InChI is InChI=1S/C13H27Cl/c1-4-5-6-7-8-9-10-11-12-13(2,3)14/h4-12H2,1-3H3. The van der Waals surface area contributed by atoms with E-state index in [0.29, 0.717) is 0 Å². The summed E-state index contributed by atoms with van der Waals surface area (Å²) in [5.41, 5.74) is 0. The minimum Gasteiger partial charge on any atom is -0.120 e. The SMILES string of the molecule is CCCCCCCCCCC(C)(C)Cl. The summed E-state index contributed by atoms with van der Waals surface area (Å²) in [7, 11) is 0. The maximum atomic E-state index is 6.11. The van der Waals surface area contributed by atoms with Gasteiger partial charge in [-0.2, -0.15) is 0 Å². The van der Waals surface area contributed by atoms with Gasteiger partial charge in [-0.25, -0.2) is 0 Å². The van der Waals surface area contributed by atoms with E-state index in [4.69, 9.17) is 11.6 Å². The van der Waals surface area contributed by atoms with E-state index in [2.05, 4.69) is 20.8 Å². The molecule has 0 aromatic carbocycles. The fourth-order valence-corrected chi connectivity index (χ4v) is 1.81. The van der Waals surface area contributed by atoms with Gasteiger partial charge in [0.15, 0.2) is 0 Å². The molecule has 86 valence electrons. The van der Waals surface area contributed by atoms with Crippen LogP contribution in [0.25, 0.3) is 0 Å². The molecule has 0 saturated carbocycles. The summed E-state index contributed by atoms with van der Waals surface area (Å²) in [5.74, 6) is 0. The molecule has 0 nitrogen and oxygen atoms in total. The molecule has 0 aliphatic carbocycles. The van der Waals surface area contributed by atoms with Crippen molar-refractivity contribution in [2.75, 3.05) is 0 Å². The maximum absolute atomic E-state index is 6.11. The normalized spacial score (nSPS) is 12.0. The molecular weight excluding hydrogens is 192 g/mol.